The van der Waals surface area contributed by atoms with Crippen molar-refractivity contribution in [3.8, 4) is 0 Å². The predicted molar refractivity (Wildman–Crippen MR) is 60.3 cm³/mol. The quantitative estimate of drug-likeness (QED) is 0.895. The lowest BCUT2D eigenvalue weighted by Crippen LogP contribution is -2.22. The number of carbonyl (C=O) groups is 1. The van der Waals surface area contributed by atoms with Crippen molar-refractivity contribution in [2.24, 2.45) is 0 Å². The third kappa shape index (κ3) is 4.39. The summed E-state index contributed by atoms with van der Waals surface area (Å²) in [5.41, 5.74) is 0. The number of nitrogens with zero attached hydrogens (tertiary/aromatic N) is 1. The second kappa shape index (κ2) is 4.71. The van der Waals surface area contributed by atoms with E-state index in [1.54, 1.807) is 12.1 Å². The summed E-state index contributed by atoms with van der Waals surface area (Å²) in [5, 5.41) is 2.39. The molecule has 15 heavy (non-hydrogen) atoms. The molecule has 0 fully saturated rings. The van der Waals surface area contributed by atoms with E-state index in [1.807, 2.05) is 0 Å². The largest absolute Gasteiger partial charge is 0.309 e. The number of hydrogen-bond acceptors (Lipinski definition) is 4. The van der Waals surface area contributed by atoms with Crippen LogP contribution in [0.2, 0.25) is 0 Å². The minimum atomic E-state index is -3.31. The average molecular weight is 293 g/mol. The molecule has 1 amide bonds. The van der Waals surface area contributed by atoms with Crippen LogP contribution in [0.15, 0.2) is 22.8 Å². The van der Waals surface area contributed by atoms with Crippen molar-refractivity contribution in [1.82, 2.24) is 4.98 Å². The van der Waals surface area contributed by atoms with Crippen molar-refractivity contribution in [1.29, 1.82) is 0 Å². The smallest absolute Gasteiger partial charge is 0.240 e. The number of hydrogen-bond donors (Lipinski definition) is 1. The summed E-state index contributed by atoms with van der Waals surface area (Å²) >= 11 is 3.18. The maximum atomic E-state index is 11.2. The topological polar surface area (TPSA) is 76.1 Å². The number of pyridine rings is 1. The highest BCUT2D eigenvalue weighted by atomic mass is 79.9. The Morgan fingerprint density at radius 1 is 1.60 bits per heavy atom. The summed E-state index contributed by atoms with van der Waals surface area (Å²) in [6.45, 7) is 0. The normalized spacial score (nSPS) is 11.1. The summed E-state index contributed by atoms with van der Waals surface area (Å²) in [7, 11) is -3.31. The fourth-order valence-corrected chi connectivity index (χ4v) is 1.79. The van der Waals surface area contributed by atoms with Gasteiger partial charge in [-0.05, 0) is 28.1 Å². The summed E-state index contributed by atoms with van der Waals surface area (Å²) in [6, 6.07) is 3.39. The molecule has 0 saturated carbocycles. The molecule has 1 aromatic heterocycles. The van der Waals surface area contributed by atoms with E-state index in [-0.39, 0.29) is 0 Å². The molecule has 0 spiro atoms. The van der Waals surface area contributed by atoms with Crippen LogP contribution < -0.4 is 5.32 Å². The van der Waals surface area contributed by atoms with Crippen molar-refractivity contribution in [3.63, 3.8) is 0 Å². The number of aromatic nitrogens is 1. The molecule has 0 atom stereocenters. The first-order valence-electron chi connectivity index (χ1n) is 3.96. The van der Waals surface area contributed by atoms with E-state index in [4.69, 9.17) is 0 Å². The van der Waals surface area contributed by atoms with Crippen LogP contribution in [0.3, 0.4) is 0 Å². The highest BCUT2D eigenvalue weighted by Crippen LogP contribution is 2.17. The minimum absolute atomic E-state index is 0.311. The van der Waals surface area contributed by atoms with E-state index < -0.39 is 21.5 Å². The Hall–Kier alpha value is -0.950. The van der Waals surface area contributed by atoms with Crippen LogP contribution in [0, 0.1) is 0 Å². The van der Waals surface area contributed by atoms with E-state index in [1.165, 1.54) is 6.20 Å². The number of sulfone groups is 1. The molecule has 0 aliphatic heterocycles. The highest BCUT2D eigenvalue weighted by molar-refractivity contribution is 9.10. The molecule has 1 N–H and O–H groups in total. The van der Waals surface area contributed by atoms with Crippen LogP contribution in [0.5, 0.6) is 0 Å². The van der Waals surface area contributed by atoms with E-state index in [0.717, 1.165) is 6.26 Å². The lowest BCUT2D eigenvalue weighted by molar-refractivity contribution is -0.113. The molecule has 1 heterocycles. The van der Waals surface area contributed by atoms with Crippen LogP contribution in [0.4, 0.5) is 5.82 Å². The zero-order chi connectivity index (χ0) is 11.5. The lowest BCUT2D eigenvalue weighted by Gasteiger charge is -2.04. The van der Waals surface area contributed by atoms with Gasteiger partial charge in [-0.15, -0.1) is 0 Å². The van der Waals surface area contributed by atoms with Gasteiger partial charge in [0.15, 0.2) is 9.84 Å². The molecule has 82 valence electrons. The van der Waals surface area contributed by atoms with Gasteiger partial charge in [0.25, 0.3) is 0 Å². The number of amides is 1. The highest BCUT2D eigenvalue weighted by Gasteiger charge is 2.12. The molecule has 0 radical (unpaired) electrons. The number of anilines is 1. The van der Waals surface area contributed by atoms with Crippen LogP contribution in [0.1, 0.15) is 0 Å². The SMILES string of the molecule is CS(=O)(=O)CC(=O)Nc1ncccc1Br. The van der Waals surface area contributed by atoms with Crippen LogP contribution >= 0.6 is 15.9 Å². The van der Waals surface area contributed by atoms with Gasteiger partial charge < -0.3 is 5.32 Å². The van der Waals surface area contributed by atoms with Crippen LogP contribution in [-0.2, 0) is 14.6 Å². The third-order valence-corrected chi connectivity index (χ3v) is 2.84. The average Bonchev–Trinajstić information content (AvgIpc) is 2.05. The Balaban J connectivity index is 2.72. The predicted octanol–water partition coefficient (Wildman–Crippen LogP) is 0.827. The van der Waals surface area contributed by atoms with Crippen molar-refractivity contribution in [2.75, 3.05) is 17.3 Å². The Morgan fingerprint density at radius 2 is 2.27 bits per heavy atom. The molecular weight excluding hydrogens is 284 g/mol. The summed E-state index contributed by atoms with van der Waals surface area (Å²) in [6.07, 6.45) is 2.50. The summed E-state index contributed by atoms with van der Waals surface area (Å²) in [5.74, 6) is -0.834. The first-order valence-corrected chi connectivity index (χ1v) is 6.82. The van der Waals surface area contributed by atoms with Gasteiger partial charge in [0.05, 0.1) is 4.47 Å². The van der Waals surface area contributed by atoms with Crippen molar-refractivity contribution < 1.29 is 13.2 Å². The van der Waals surface area contributed by atoms with E-state index in [9.17, 15) is 13.2 Å². The standard InChI is InChI=1S/C8H9BrN2O3S/c1-15(13,14)5-7(12)11-8-6(9)3-2-4-10-8/h2-4H,5H2,1H3,(H,10,11,12). The van der Waals surface area contributed by atoms with Gasteiger partial charge in [0, 0.05) is 12.5 Å². The van der Waals surface area contributed by atoms with Crippen LogP contribution in [0.25, 0.3) is 0 Å². The number of halogens is 1. The maximum Gasteiger partial charge on any atom is 0.240 e. The molecule has 0 aliphatic carbocycles. The fourth-order valence-electron chi connectivity index (χ4n) is 0.884. The second-order valence-corrected chi connectivity index (χ2v) is 5.95. The lowest BCUT2D eigenvalue weighted by atomic mass is 10.4. The maximum absolute atomic E-state index is 11.2. The molecule has 5 nitrogen and oxygen atoms in total. The number of carbonyl (C=O) groups excluding carboxylic acids is 1. The molecule has 0 saturated heterocycles. The molecule has 7 heteroatoms. The molecule has 1 rings (SSSR count). The molecule has 0 aliphatic rings. The molecule has 0 unspecified atom stereocenters. The van der Waals surface area contributed by atoms with E-state index in [0.29, 0.717) is 10.3 Å². The van der Waals surface area contributed by atoms with Crippen LogP contribution in [-0.4, -0.2) is 31.3 Å². The van der Waals surface area contributed by atoms with Gasteiger partial charge >= 0.3 is 0 Å². The second-order valence-electron chi connectivity index (χ2n) is 2.95. The van der Waals surface area contributed by atoms with E-state index in [2.05, 4.69) is 26.2 Å². The van der Waals surface area contributed by atoms with Gasteiger partial charge in [-0.3, -0.25) is 4.79 Å². The number of rotatable bonds is 3. The molecule has 0 aromatic carbocycles. The minimum Gasteiger partial charge on any atom is -0.309 e. The first-order chi connectivity index (χ1) is 6.88. The molecular formula is C8H9BrN2O3S. The summed E-state index contributed by atoms with van der Waals surface area (Å²) in [4.78, 5) is 15.1. The van der Waals surface area contributed by atoms with Crippen molar-refractivity contribution >= 4 is 37.5 Å². The van der Waals surface area contributed by atoms with Gasteiger partial charge in [0.2, 0.25) is 5.91 Å². The van der Waals surface area contributed by atoms with Crippen molar-refractivity contribution in [2.45, 2.75) is 0 Å². The Kier molecular flexibility index (Phi) is 3.81. The number of nitrogens with one attached hydrogen (secondary N) is 1. The zero-order valence-electron chi connectivity index (χ0n) is 7.90. The van der Waals surface area contributed by atoms with Crippen molar-refractivity contribution in [3.05, 3.63) is 22.8 Å². The first kappa shape index (κ1) is 12.1. The monoisotopic (exact) mass is 292 g/mol. The van der Waals surface area contributed by atoms with Gasteiger partial charge in [-0.1, -0.05) is 0 Å². The summed E-state index contributed by atoms with van der Waals surface area (Å²) < 4.78 is 22.3. The Labute approximate surface area is 96.0 Å². The van der Waals surface area contributed by atoms with Gasteiger partial charge in [0.1, 0.15) is 11.6 Å². The molecule has 1 aromatic rings. The Morgan fingerprint density at radius 3 is 2.80 bits per heavy atom. The zero-order valence-corrected chi connectivity index (χ0v) is 10.3. The van der Waals surface area contributed by atoms with Gasteiger partial charge in [-0.25, -0.2) is 13.4 Å². The molecule has 0 bridgehead atoms. The Bertz CT molecular complexity index is 473. The van der Waals surface area contributed by atoms with E-state index >= 15 is 0 Å². The fraction of sp³-hybridized carbons (Fsp3) is 0.250. The third-order valence-electron chi connectivity index (χ3n) is 1.41. The van der Waals surface area contributed by atoms with Gasteiger partial charge in [-0.2, -0.15) is 0 Å².